The maximum atomic E-state index is 12.8. The molecule has 0 unspecified atom stereocenters. The quantitative estimate of drug-likeness (QED) is 0.461. The lowest BCUT2D eigenvalue weighted by atomic mass is 10.1. The summed E-state index contributed by atoms with van der Waals surface area (Å²) in [6, 6.07) is 8.91. The van der Waals surface area contributed by atoms with Gasteiger partial charge in [-0.15, -0.1) is 0 Å². The standard InChI is InChI=1S/C16H8F3NO3/c17-16(18,19)12-6-2-1-5-11(12)8-9-14(21)23-15(22)13-7-3-4-10-20-13/h1-7,10H. The van der Waals surface area contributed by atoms with Gasteiger partial charge in [0.25, 0.3) is 0 Å². The van der Waals surface area contributed by atoms with Crippen molar-refractivity contribution in [3.8, 4) is 11.8 Å². The van der Waals surface area contributed by atoms with E-state index in [0.717, 1.165) is 12.1 Å². The van der Waals surface area contributed by atoms with E-state index in [1.54, 1.807) is 6.07 Å². The summed E-state index contributed by atoms with van der Waals surface area (Å²) in [5.41, 5.74) is -1.48. The number of pyridine rings is 1. The minimum Gasteiger partial charge on any atom is -0.378 e. The zero-order chi connectivity index (χ0) is 16.9. The van der Waals surface area contributed by atoms with Crippen molar-refractivity contribution >= 4 is 11.9 Å². The number of alkyl halides is 3. The SMILES string of the molecule is O=C(C#Cc1ccccc1C(F)(F)F)OC(=O)c1ccccn1. The fourth-order valence-electron chi connectivity index (χ4n) is 1.60. The normalized spacial score (nSPS) is 10.4. The van der Waals surface area contributed by atoms with Gasteiger partial charge >= 0.3 is 18.1 Å². The van der Waals surface area contributed by atoms with Crippen LogP contribution in [0.15, 0.2) is 48.7 Å². The molecule has 0 radical (unpaired) electrons. The smallest absolute Gasteiger partial charge is 0.378 e. The van der Waals surface area contributed by atoms with Crippen molar-refractivity contribution in [3.05, 3.63) is 65.5 Å². The van der Waals surface area contributed by atoms with E-state index in [0.29, 0.717) is 0 Å². The Morgan fingerprint density at radius 2 is 1.74 bits per heavy atom. The predicted octanol–water partition coefficient (Wildman–Crippen LogP) is 2.84. The van der Waals surface area contributed by atoms with E-state index in [-0.39, 0.29) is 11.3 Å². The largest absolute Gasteiger partial charge is 0.417 e. The Kier molecular flexibility index (Phi) is 4.76. The average Bonchev–Trinajstić information content (AvgIpc) is 2.53. The highest BCUT2D eigenvalue weighted by Gasteiger charge is 2.32. The third-order valence-corrected chi connectivity index (χ3v) is 2.59. The number of benzene rings is 1. The molecule has 4 nitrogen and oxygen atoms in total. The van der Waals surface area contributed by atoms with Crippen LogP contribution < -0.4 is 0 Å². The molecule has 1 heterocycles. The highest BCUT2D eigenvalue weighted by Crippen LogP contribution is 2.31. The molecule has 0 saturated heterocycles. The molecule has 0 aliphatic carbocycles. The van der Waals surface area contributed by atoms with E-state index in [9.17, 15) is 22.8 Å². The number of aromatic nitrogens is 1. The van der Waals surface area contributed by atoms with E-state index >= 15 is 0 Å². The number of esters is 2. The first-order valence-corrected chi connectivity index (χ1v) is 6.23. The highest BCUT2D eigenvalue weighted by molar-refractivity contribution is 6.01. The van der Waals surface area contributed by atoms with Gasteiger partial charge in [-0.05, 0) is 24.3 Å². The summed E-state index contributed by atoms with van der Waals surface area (Å²) in [6.07, 6.45) is -3.27. The van der Waals surface area contributed by atoms with Crippen LogP contribution in [-0.2, 0) is 15.7 Å². The van der Waals surface area contributed by atoms with Gasteiger partial charge in [0.15, 0.2) is 0 Å². The molecule has 116 valence electrons. The average molecular weight is 319 g/mol. The summed E-state index contributed by atoms with van der Waals surface area (Å²) in [5.74, 6) is 1.61. The number of carbonyl (C=O) groups is 2. The summed E-state index contributed by atoms with van der Waals surface area (Å²) >= 11 is 0. The van der Waals surface area contributed by atoms with Gasteiger partial charge in [0, 0.05) is 17.7 Å². The Hall–Kier alpha value is -3.14. The van der Waals surface area contributed by atoms with E-state index in [4.69, 9.17) is 0 Å². The van der Waals surface area contributed by atoms with Gasteiger partial charge in [0.1, 0.15) is 5.69 Å². The summed E-state index contributed by atoms with van der Waals surface area (Å²) in [4.78, 5) is 26.6. The highest BCUT2D eigenvalue weighted by atomic mass is 19.4. The Morgan fingerprint density at radius 1 is 1.04 bits per heavy atom. The molecule has 0 saturated carbocycles. The number of carbonyl (C=O) groups excluding carboxylic acids is 2. The second-order valence-electron chi connectivity index (χ2n) is 4.19. The molecule has 2 rings (SSSR count). The number of rotatable bonds is 1. The van der Waals surface area contributed by atoms with E-state index in [1.807, 2.05) is 5.92 Å². The maximum absolute atomic E-state index is 12.8. The molecule has 0 amide bonds. The molecule has 0 N–H and O–H groups in total. The maximum Gasteiger partial charge on any atom is 0.417 e. The molecule has 0 fully saturated rings. The Labute approximate surface area is 128 Å². The molecule has 0 aliphatic rings. The summed E-state index contributed by atoms with van der Waals surface area (Å²) in [7, 11) is 0. The van der Waals surface area contributed by atoms with Crippen molar-refractivity contribution in [1.82, 2.24) is 4.98 Å². The van der Waals surface area contributed by atoms with Gasteiger partial charge in [-0.1, -0.05) is 24.1 Å². The molecule has 23 heavy (non-hydrogen) atoms. The zero-order valence-electron chi connectivity index (χ0n) is 11.4. The topological polar surface area (TPSA) is 56.3 Å². The van der Waals surface area contributed by atoms with Gasteiger partial charge < -0.3 is 4.74 Å². The molecule has 1 aromatic heterocycles. The minimum absolute atomic E-state index is 0.113. The van der Waals surface area contributed by atoms with Crippen LogP contribution in [0.3, 0.4) is 0 Å². The van der Waals surface area contributed by atoms with Crippen LogP contribution in [0.2, 0.25) is 0 Å². The van der Waals surface area contributed by atoms with Gasteiger partial charge in [0.2, 0.25) is 0 Å². The van der Waals surface area contributed by atoms with Crippen LogP contribution in [0.4, 0.5) is 13.2 Å². The van der Waals surface area contributed by atoms with Crippen LogP contribution >= 0.6 is 0 Å². The lowest BCUT2D eigenvalue weighted by Gasteiger charge is -2.07. The van der Waals surface area contributed by atoms with E-state index in [2.05, 4.69) is 15.6 Å². The van der Waals surface area contributed by atoms with Crippen molar-refractivity contribution in [2.24, 2.45) is 0 Å². The second-order valence-corrected chi connectivity index (χ2v) is 4.19. The first-order chi connectivity index (χ1) is 10.9. The first kappa shape index (κ1) is 16.2. The minimum atomic E-state index is -4.60. The van der Waals surface area contributed by atoms with Gasteiger partial charge in [0.05, 0.1) is 5.56 Å². The molecule has 0 atom stereocenters. The molecule has 0 bridgehead atoms. The number of nitrogens with zero attached hydrogens (tertiary/aromatic N) is 1. The Morgan fingerprint density at radius 3 is 2.39 bits per heavy atom. The van der Waals surface area contributed by atoms with Crippen molar-refractivity contribution < 1.29 is 27.5 Å². The number of hydrogen-bond acceptors (Lipinski definition) is 4. The zero-order valence-corrected chi connectivity index (χ0v) is 11.4. The monoisotopic (exact) mass is 319 g/mol. The van der Waals surface area contributed by atoms with E-state index < -0.39 is 23.7 Å². The number of hydrogen-bond donors (Lipinski definition) is 0. The molecule has 7 heteroatoms. The summed E-state index contributed by atoms with van der Waals surface area (Å²) < 4.78 is 42.7. The molecular formula is C16H8F3NO3. The summed E-state index contributed by atoms with van der Waals surface area (Å²) in [5, 5.41) is 0. The van der Waals surface area contributed by atoms with Crippen molar-refractivity contribution in [2.45, 2.75) is 6.18 Å². The van der Waals surface area contributed by atoms with Crippen LogP contribution in [0.1, 0.15) is 21.6 Å². The van der Waals surface area contributed by atoms with Gasteiger partial charge in [-0.25, -0.2) is 14.6 Å². The predicted molar refractivity (Wildman–Crippen MR) is 73.0 cm³/mol. The van der Waals surface area contributed by atoms with Crippen LogP contribution in [-0.4, -0.2) is 16.9 Å². The summed E-state index contributed by atoms with van der Waals surface area (Å²) in [6.45, 7) is 0. The molecular weight excluding hydrogens is 311 g/mol. The van der Waals surface area contributed by atoms with Gasteiger partial charge in [-0.3, -0.25) is 0 Å². The van der Waals surface area contributed by atoms with Crippen LogP contribution in [0.25, 0.3) is 0 Å². The molecule has 2 aromatic rings. The second kappa shape index (κ2) is 6.75. The molecule has 0 spiro atoms. The van der Waals surface area contributed by atoms with Crippen molar-refractivity contribution in [3.63, 3.8) is 0 Å². The number of ether oxygens (including phenoxy) is 1. The van der Waals surface area contributed by atoms with Crippen molar-refractivity contribution in [1.29, 1.82) is 0 Å². The third kappa shape index (κ3) is 4.41. The lowest BCUT2D eigenvalue weighted by molar-refractivity contribution is -0.138. The molecule has 1 aromatic carbocycles. The molecule has 0 aliphatic heterocycles. The fourth-order valence-corrected chi connectivity index (χ4v) is 1.60. The van der Waals surface area contributed by atoms with Crippen molar-refractivity contribution in [2.75, 3.05) is 0 Å². The first-order valence-electron chi connectivity index (χ1n) is 6.23. The third-order valence-electron chi connectivity index (χ3n) is 2.59. The number of halogens is 3. The Balaban J connectivity index is 2.14. The fraction of sp³-hybridized carbons (Fsp3) is 0.0625. The van der Waals surface area contributed by atoms with Crippen LogP contribution in [0, 0.1) is 11.8 Å². The van der Waals surface area contributed by atoms with Gasteiger partial charge in [-0.2, -0.15) is 13.2 Å². The van der Waals surface area contributed by atoms with E-state index in [1.165, 1.54) is 30.5 Å². The Bertz CT molecular complexity index is 789. The van der Waals surface area contributed by atoms with Crippen LogP contribution in [0.5, 0.6) is 0 Å². The lowest BCUT2D eigenvalue weighted by Crippen LogP contribution is -2.12.